The monoisotopic (exact) mass is 566 g/mol. The topological polar surface area (TPSA) is 6.48 Å². The van der Waals surface area contributed by atoms with Crippen molar-refractivity contribution in [2.24, 2.45) is 0 Å². The Kier molecular flexibility index (Phi) is 12.1. The van der Waals surface area contributed by atoms with E-state index in [9.17, 15) is 58.0 Å². The molecular weight excluding hydrogens is 555 g/mol. The van der Waals surface area contributed by atoms with Crippen molar-refractivity contribution in [2.45, 2.75) is 12.2 Å². The molecule has 0 rings (SSSR count). The number of allylic oxidation sites excluding steroid dienone is 1. The second-order valence-electron chi connectivity index (χ2n) is 4.65. The second-order valence-corrected chi connectivity index (χ2v) is 8.29. The van der Waals surface area contributed by atoms with Gasteiger partial charge >= 0.3 is 52.7 Å². The molecule has 0 aliphatic rings. The molecule has 0 aromatic rings. The molecule has 0 spiro atoms. The number of alkyl halides is 5. The van der Waals surface area contributed by atoms with Gasteiger partial charge in [0.25, 0.3) is 5.83 Å². The van der Waals surface area contributed by atoms with Crippen molar-refractivity contribution in [3.8, 4) is 0 Å². The molecule has 0 atom stereocenters. The average molecular weight is 567 g/mol. The van der Waals surface area contributed by atoms with Crippen LogP contribution in [0.4, 0.5) is 58.0 Å². The van der Waals surface area contributed by atoms with Crippen molar-refractivity contribution < 1.29 is 58.0 Å². The standard InChI is InChI=1S/2C5H6F5N.5FH.Sb/c1-11(2)4(7)3(6)5(8,9)10;1-11(2)5(9,10)3(6)4(7)8;;;;;;/h2*1-2H3;5*1H;/q;;;;;;;+5/p-5/b4-3-;;;;;;;. The first-order valence-electron chi connectivity index (χ1n) is 5.97. The van der Waals surface area contributed by atoms with Gasteiger partial charge in [-0.15, -0.1) is 0 Å². The van der Waals surface area contributed by atoms with Gasteiger partial charge in [0.1, 0.15) is 0 Å². The van der Waals surface area contributed by atoms with Gasteiger partial charge in [-0.25, -0.2) is 4.90 Å². The first-order valence-corrected chi connectivity index (χ1v) is 10.8. The van der Waals surface area contributed by atoms with Gasteiger partial charge in [-0.05, 0) is 14.1 Å². The van der Waals surface area contributed by atoms with E-state index in [1.54, 1.807) is 0 Å². The third kappa shape index (κ3) is 17.1. The van der Waals surface area contributed by atoms with Crippen LogP contribution in [0, 0.1) is 0 Å². The van der Waals surface area contributed by atoms with Gasteiger partial charge in [-0.1, -0.05) is 0 Å². The van der Waals surface area contributed by atoms with Gasteiger partial charge in [0.15, 0.2) is 0 Å². The van der Waals surface area contributed by atoms with Crippen LogP contribution in [0.25, 0.3) is 0 Å². The van der Waals surface area contributed by atoms with E-state index < -0.39 is 56.2 Å². The van der Waals surface area contributed by atoms with Crippen LogP contribution in [0.15, 0.2) is 23.7 Å². The predicted octanol–water partition coefficient (Wildman–Crippen LogP) is 6.16. The van der Waals surface area contributed by atoms with Crippen molar-refractivity contribution in [1.82, 2.24) is 9.80 Å². The Morgan fingerprint density at radius 1 is 0.643 bits per heavy atom. The molecule has 0 amide bonds. The summed E-state index contributed by atoms with van der Waals surface area (Å²) in [6.45, 7) is 0. The molecule has 0 N–H and O–H groups in total. The summed E-state index contributed by atoms with van der Waals surface area (Å²) in [5, 5.41) is 0. The Balaban J connectivity index is -0.000000351. The van der Waals surface area contributed by atoms with E-state index in [-0.39, 0.29) is 4.90 Å². The predicted molar refractivity (Wildman–Crippen MR) is 69.3 cm³/mol. The molecule has 0 aromatic carbocycles. The minimum absolute atomic E-state index is 0.0570. The SMILES string of the molecule is CN(C)/C(F)=C(\F)C(F)(F)F.CN(C)C(F)(F)C(F)=C(F)F.[F][Sb]([F])([F])([F])[F]. The van der Waals surface area contributed by atoms with Gasteiger partial charge in [0, 0.05) is 14.1 Å². The molecule has 28 heavy (non-hydrogen) atoms. The molecule has 0 bridgehead atoms. The summed E-state index contributed by atoms with van der Waals surface area (Å²) in [6.07, 6.45) is -8.24. The molecule has 172 valence electrons. The van der Waals surface area contributed by atoms with Gasteiger partial charge in [-0.3, -0.25) is 0 Å². The van der Waals surface area contributed by atoms with Crippen molar-refractivity contribution in [3.05, 3.63) is 23.7 Å². The van der Waals surface area contributed by atoms with Crippen LogP contribution in [0.2, 0.25) is 0 Å². The molecule has 0 aromatic heterocycles. The molecule has 2 nitrogen and oxygen atoms in total. The summed E-state index contributed by atoms with van der Waals surface area (Å²) in [4.78, 5) is 0.463. The van der Waals surface area contributed by atoms with Crippen LogP contribution >= 0.6 is 0 Å². The van der Waals surface area contributed by atoms with Gasteiger partial charge in [0.05, 0.1) is 0 Å². The molecule has 0 saturated carbocycles. The van der Waals surface area contributed by atoms with Crippen molar-refractivity contribution in [3.63, 3.8) is 0 Å². The molecule has 0 saturated heterocycles. The third-order valence-corrected chi connectivity index (χ3v) is 1.81. The molecule has 0 fully saturated rings. The van der Waals surface area contributed by atoms with Gasteiger partial charge < -0.3 is 4.90 Å². The molecule has 0 unspecified atom stereocenters. The summed E-state index contributed by atoms with van der Waals surface area (Å²) < 4.78 is 167. The fraction of sp³-hybridized carbons (Fsp3) is 0.600. The Morgan fingerprint density at radius 3 is 1.00 bits per heavy atom. The van der Waals surface area contributed by atoms with E-state index in [1.807, 2.05) is 0 Å². The quantitative estimate of drug-likeness (QED) is 0.229. The maximum absolute atomic E-state index is 12.2. The van der Waals surface area contributed by atoms with Crippen LogP contribution in [-0.2, 0) is 0 Å². The number of likely N-dealkylation sites (N-methyl/N-ethyl adjacent to an activating group) is 1. The normalized spacial score (nSPS) is 14.5. The van der Waals surface area contributed by atoms with Crippen LogP contribution in [-0.4, -0.2) is 70.5 Å². The molecule has 0 aliphatic carbocycles. The van der Waals surface area contributed by atoms with Crippen LogP contribution in [0.1, 0.15) is 0 Å². The summed E-state index contributed by atoms with van der Waals surface area (Å²) >= 11 is -9.19. The van der Waals surface area contributed by atoms with Crippen LogP contribution in [0.3, 0.4) is 0 Å². The van der Waals surface area contributed by atoms with E-state index in [0.717, 1.165) is 28.2 Å². The zero-order valence-electron chi connectivity index (χ0n) is 14.0. The fourth-order valence-corrected chi connectivity index (χ4v) is 0.623. The molecular formula is C10H12F15N2Sb. The number of hydrogen-bond acceptors (Lipinski definition) is 2. The Hall–Kier alpha value is -0.992. The minimum atomic E-state index is -9.19. The third-order valence-electron chi connectivity index (χ3n) is 1.81. The number of nitrogens with zero attached hydrogens (tertiary/aromatic N) is 2. The summed E-state index contributed by atoms with van der Waals surface area (Å²) in [5.41, 5.74) is 0. The summed E-state index contributed by atoms with van der Waals surface area (Å²) in [6, 6.07) is -4.22. The van der Waals surface area contributed by atoms with E-state index in [0.29, 0.717) is 4.90 Å². The van der Waals surface area contributed by atoms with E-state index in [4.69, 9.17) is 0 Å². The van der Waals surface area contributed by atoms with Crippen molar-refractivity contribution in [2.75, 3.05) is 28.2 Å². The molecule has 0 aliphatic heterocycles. The van der Waals surface area contributed by atoms with E-state index in [2.05, 4.69) is 0 Å². The Morgan fingerprint density at radius 2 is 0.929 bits per heavy atom. The Labute approximate surface area is 152 Å². The number of rotatable bonds is 3. The molecule has 0 heterocycles. The second kappa shape index (κ2) is 10.7. The summed E-state index contributed by atoms with van der Waals surface area (Å²) in [5.74, 6) is -7.33. The summed E-state index contributed by atoms with van der Waals surface area (Å²) in [7, 11) is 3.53. The van der Waals surface area contributed by atoms with E-state index in [1.165, 1.54) is 0 Å². The first-order chi connectivity index (χ1) is 11.8. The zero-order chi connectivity index (χ0) is 23.9. The average Bonchev–Trinajstić information content (AvgIpc) is 2.41. The van der Waals surface area contributed by atoms with Gasteiger partial charge in [-0.2, -0.15) is 43.9 Å². The van der Waals surface area contributed by atoms with Gasteiger partial charge in [0.2, 0.25) is 11.8 Å². The van der Waals surface area contributed by atoms with E-state index >= 15 is 0 Å². The van der Waals surface area contributed by atoms with Crippen LogP contribution < -0.4 is 0 Å². The fourth-order valence-electron chi connectivity index (χ4n) is 0.623. The first kappa shape index (κ1) is 31.7. The number of halogens is 15. The van der Waals surface area contributed by atoms with Crippen LogP contribution in [0.5, 0.6) is 0 Å². The Bertz CT molecular complexity index is 534. The maximum atomic E-state index is 12.2. The van der Waals surface area contributed by atoms with Crippen molar-refractivity contribution in [1.29, 1.82) is 0 Å². The van der Waals surface area contributed by atoms with Crippen molar-refractivity contribution >= 4 is 20.3 Å². The zero-order valence-corrected chi connectivity index (χ0v) is 16.6. The number of hydrogen-bond donors (Lipinski definition) is 0. The molecule has 18 heteroatoms. The molecule has 0 radical (unpaired) electrons.